The Kier molecular flexibility index (Phi) is 8.44. The van der Waals surface area contributed by atoms with Crippen LogP contribution in [0.15, 0.2) is 58.9 Å². The summed E-state index contributed by atoms with van der Waals surface area (Å²) in [7, 11) is 0. The monoisotopic (exact) mass is 574 g/mol. The van der Waals surface area contributed by atoms with Gasteiger partial charge in [-0.05, 0) is 30.0 Å². The van der Waals surface area contributed by atoms with E-state index in [-0.39, 0.29) is 37.5 Å². The smallest absolute Gasteiger partial charge is 0.274 e. The first kappa shape index (κ1) is 28.9. The van der Waals surface area contributed by atoms with Crippen molar-refractivity contribution < 1.29 is 14.6 Å². The molecule has 12 nitrogen and oxygen atoms in total. The van der Waals surface area contributed by atoms with Gasteiger partial charge in [0.2, 0.25) is 0 Å². The van der Waals surface area contributed by atoms with Crippen molar-refractivity contribution in [3.05, 3.63) is 105 Å². The maximum absolute atomic E-state index is 14.2. The van der Waals surface area contributed by atoms with E-state index in [1.165, 1.54) is 42.5 Å². The predicted molar refractivity (Wildman–Crippen MR) is 154 cm³/mol. The van der Waals surface area contributed by atoms with E-state index in [9.17, 15) is 35.1 Å². The average Bonchev–Trinajstić information content (AvgIpc) is 3.28. The van der Waals surface area contributed by atoms with Gasteiger partial charge in [-0.25, -0.2) is 0 Å². The van der Waals surface area contributed by atoms with E-state index >= 15 is 0 Å². The van der Waals surface area contributed by atoms with Crippen LogP contribution in [0.4, 0.5) is 11.4 Å². The van der Waals surface area contributed by atoms with Gasteiger partial charge in [0.05, 0.1) is 37.5 Å². The molecule has 1 aromatic heterocycles. The Hall–Kier alpha value is -5.09. The molecule has 4 rings (SSSR count). The van der Waals surface area contributed by atoms with Gasteiger partial charge in [-0.3, -0.25) is 34.4 Å². The molecule has 3 aromatic rings. The van der Waals surface area contributed by atoms with E-state index in [0.29, 0.717) is 37.1 Å². The number of allylic oxidation sites excluding steroid dienone is 1. The lowest BCUT2D eigenvalue weighted by atomic mass is 9.83. The molecule has 0 radical (unpaired) electrons. The molecule has 1 atom stereocenters. The Labute approximate surface area is 237 Å². The summed E-state index contributed by atoms with van der Waals surface area (Å²) in [5.74, 6) is -1.66. The second-order valence-electron chi connectivity index (χ2n) is 9.31. The number of non-ortho nitro benzene ring substituents is 2. The standard InChI is InChI=1S/C28H26N6O6S/c1-3-11-31(12-4-2)27(36)24-23(18-8-6-10-20(15-18)34(39)40)21(16-29)25(30)32-26(35)22(41-28(24)32)14-17-7-5-9-19(13-17)33(37)38/h5-10,13-15,23H,3-4,11-12,30H2,1-2H3/b22-14+. The number of benzene rings is 2. The van der Waals surface area contributed by atoms with Crippen molar-refractivity contribution in [2.45, 2.75) is 32.6 Å². The summed E-state index contributed by atoms with van der Waals surface area (Å²) in [6.45, 7) is 4.68. The number of carbonyl (C=O) groups is 1. The number of nitrogens with zero attached hydrogens (tertiary/aromatic N) is 5. The number of rotatable bonds is 9. The molecular weight excluding hydrogens is 548 g/mol. The first-order chi connectivity index (χ1) is 19.6. The van der Waals surface area contributed by atoms with Gasteiger partial charge in [-0.15, -0.1) is 11.3 Å². The highest BCUT2D eigenvalue weighted by Gasteiger charge is 2.37. The van der Waals surface area contributed by atoms with Crippen molar-refractivity contribution in [2.75, 3.05) is 13.1 Å². The Bertz CT molecular complexity index is 1810. The lowest BCUT2D eigenvalue weighted by Crippen LogP contribution is -2.43. The highest BCUT2D eigenvalue weighted by molar-refractivity contribution is 7.07. The van der Waals surface area contributed by atoms with Crippen LogP contribution in [-0.2, 0) is 4.79 Å². The number of aromatic nitrogens is 1. The quantitative estimate of drug-likeness (QED) is 0.299. The molecule has 0 saturated carbocycles. The Morgan fingerprint density at radius 1 is 1.10 bits per heavy atom. The van der Waals surface area contributed by atoms with Gasteiger partial charge >= 0.3 is 0 Å². The van der Waals surface area contributed by atoms with Crippen LogP contribution in [0.1, 0.15) is 43.7 Å². The summed E-state index contributed by atoms with van der Waals surface area (Å²) in [6.07, 6.45) is 2.78. The SMILES string of the molecule is CCCN(CCC)C(=O)C1=c2s/c(=C/c3cccc([N+](=O)[O-])c3)c(=O)n2C(N)=C(C#N)C1c1cccc([N+](=O)[O-])c1. The number of nitro groups is 2. The predicted octanol–water partition coefficient (Wildman–Crippen LogP) is 2.80. The van der Waals surface area contributed by atoms with Crippen molar-refractivity contribution >= 4 is 46.1 Å². The van der Waals surface area contributed by atoms with Gasteiger partial charge in [0, 0.05) is 37.4 Å². The van der Waals surface area contributed by atoms with E-state index in [4.69, 9.17) is 5.73 Å². The van der Waals surface area contributed by atoms with Gasteiger partial charge in [0.25, 0.3) is 22.8 Å². The highest BCUT2D eigenvalue weighted by Crippen LogP contribution is 2.38. The van der Waals surface area contributed by atoms with Gasteiger partial charge in [0.1, 0.15) is 10.5 Å². The van der Waals surface area contributed by atoms with Crippen molar-refractivity contribution in [2.24, 2.45) is 5.73 Å². The first-order valence-corrected chi connectivity index (χ1v) is 13.6. The molecule has 1 aliphatic rings. The second-order valence-corrected chi connectivity index (χ2v) is 10.3. The fourth-order valence-electron chi connectivity index (χ4n) is 4.81. The van der Waals surface area contributed by atoms with Crippen LogP contribution < -0.4 is 20.5 Å². The lowest BCUT2D eigenvalue weighted by molar-refractivity contribution is -0.385. The largest absolute Gasteiger partial charge is 0.384 e. The van der Waals surface area contributed by atoms with Gasteiger partial charge < -0.3 is 10.6 Å². The third kappa shape index (κ3) is 5.50. The number of nitro benzene ring substituents is 2. The van der Waals surface area contributed by atoms with Gasteiger partial charge in [-0.1, -0.05) is 38.1 Å². The van der Waals surface area contributed by atoms with Crippen LogP contribution in [0, 0.1) is 31.6 Å². The Morgan fingerprint density at radius 2 is 1.71 bits per heavy atom. The summed E-state index contributed by atoms with van der Waals surface area (Å²) in [5.41, 5.74) is 6.15. The Morgan fingerprint density at radius 3 is 2.29 bits per heavy atom. The summed E-state index contributed by atoms with van der Waals surface area (Å²) < 4.78 is 1.45. The van der Waals surface area contributed by atoms with E-state index in [1.807, 2.05) is 19.9 Å². The van der Waals surface area contributed by atoms with Crippen LogP contribution in [-0.4, -0.2) is 38.3 Å². The van der Waals surface area contributed by atoms with Crippen LogP contribution in [0.3, 0.4) is 0 Å². The summed E-state index contributed by atoms with van der Waals surface area (Å²) in [5, 5.41) is 33.0. The van der Waals surface area contributed by atoms with Gasteiger partial charge in [0.15, 0.2) is 0 Å². The van der Waals surface area contributed by atoms with Crippen LogP contribution in [0.25, 0.3) is 17.5 Å². The van der Waals surface area contributed by atoms with Crippen molar-refractivity contribution in [1.82, 2.24) is 9.47 Å². The molecule has 1 amide bonds. The highest BCUT2D eigenvalue weighted by atomic mass is 32.1. The zero-order valence-corrected chi connectivity index (χ0v) is 23.1. The Balaban J connectivity index is 2.10. The molecule has 210 valence electrons. The molecular formula is C28H26N6O6S. The first-order valence-electron chi connectivity index (χ1n) is 12.8. The third-order valence-electron chi connectivity index (χ3n) is 6.57. The molecule has 0 saturated heterocycles. The number of hydrogen-bond donors (Lipinski definition) is 1. The topological polar surface area (TPSA) is 178 Å². The normalized spacial score (nSPS) is 14.9. The number of carbonyl (C=O) groups excluding carboxylic acids is 1. The van der Waals surface area contributed by atoms with Crippen LogP contribution in [0.5, 0.6) is 0 Å². The van der Waals surface area contributed by atoms with Crippen molar-refractivity contribution in [1.29, 1.82) is 5.26 Å². The zero-order valence-electron chi connectivity index (χ0n) is 22.3. The average molecular weight is 575 g/mol. The summed E-state index contributed by atoms with van der Waals surface area (Å²) >= 11 is 0.969. The second kappa shape index (κ2) is 12.0. The lowest BCUT2D eigenvalue weighted by Gasteiger charge is -2.29. The number of amides is 1. The number of hydrogen-bond acceptors (Lipinski definition) is 9. The van der Waals surface area contributed by atoms with Crippen molar-refractivity contribution in [3.63, 3.8) is 0 Å². The number of thiazole rings is 1. The molecule has 1 unspecified atom stereocenters. The van der Waals surface area contributed by atoms with E-state index < -0.39 is 27.2 Å². The molecule has 0 bridgehead atoms. The number of nitrogens with two attached hydrogens (primary N) is 1. The third-order valence-corrected chi connectivity index (χ3v) is 7.67. The molecule has 0 aliphatic carbocycles. The molecule has 41 heavy (non-hydrogen) atoms. The van der Waals surface area contributed by atoms with E-state index in [1.54, 1.807) is 17.0 Å². The molecule has 2 heterocycles. The van der Waals surface area contributed by atoms with Crippen LogP contribution >= 0.6 is 11.3 Å². The fourth-order valence-corrected chi connectivity index (χ4v) is 5.98. The minimum absolute atomic E-state index is 0.0870. The van der Waals surface area contributed by atoms with Gasteiger partial charge in [-0.2, -0.15) is 5.26 Å². The molecule has 0 fully saturated rings. The minimum atomic E-state index is -1.06. The zero-order chi connectivity index (χ0) is 29.8. The van der Waals surface area contributed by atoms with E-state index in [0.717, 1.165) is 15.9 Å². The molecule has 2 N–H and O–H groups in total. The summed E-state index contributed by atoms with van der Waals surface area (Å²) in [6, 6.07) is 13.4. The maximum Gasteiger partial charge on any atom is 0.274 e. The molecule has 13 heteroatoms. The molecule has 0 spiro atoms. The maximum atomic E-state index is 14.2. The van der Waals surface area contributed by atoms with Crippen molar-refractivity contribution in [3.8, 4) is 6.07 Å². The molecule has 2 aromatic carbocycles. The fraction of sp³-hybridized carbons (Fsp3) is 0.250. The minimum Gasteiger partial charge on any atom is -0.384 e. The number of fused-ring (bicyclic) bond motifs is 1. The van der Waals surface area contributed by atoms with Crippen LogP contribution in [0.2, 0.25) is 0 Å². The number of nitriles is 1. The summed E-state index contributed by atoms with van der Waals surface area (Å²) in [4.78, 5) is 51.2. The molecule has 1 aliphatic heterocycles. The van der Waals surface area contributed by atoms with E-state index in [2.05, 4.69) is 0 Å².